The van der Waals surface area contributed by atoms with Crippen molar-refractivity contribution in [1.29, 1.82) is 0 Å². The minimum absolute atomic E-state index is 0.233. The lowest BCUT2D eigenvalue weighted by molar-refractivity contribution is 0.286. The Morgan fingerprint density at radius 2 is 2.07 bits per heavy atom. The summed E-state index contributed by atoms with van der Waals surface area (Å²) >= 11 is 3.29. The zero-order chi connectivity index (χ0) is 19.1. The van der Waals surface area contributed by atoms with Crippen molar-refractivity contribution >= 4 is 32.6 Å². The highest BCUT2D eigenvalue weighted by Crippen LogP contribution is 2.37. The van der Waals surface area contributed by atoms with Gasteiger partial charge in [-0.2, -0.15) is 0 Å². The summed E-state index contributed by atoms with van der Waals surface area (Å²) < 4.78 is 26.5. The molecular weight excluding hydrogens is 413 g/mol. The Morgan fingerprint density at radius 1 is 1.26 bits per heavy atom. The lowest BCUT2D eigenvalue weighted by Gasteiger charge is -2.32. The van der Waals surface area contributed by atoms with Crippen LogP contribution in [0, 0.1) is 12.7 Å². The van der Waals surface area contributed by atoms with E-state index in [9.17, 15) is 9.18 Å². The number of hydrogen-bond donors (Lipinski definition) is 0. The topological polar surface area (TPSA) is 42.7 Å². The monoisotopic (exact) mass is 431 g/mol. The standard InChI is InChI=1S/C21H19BrFNO3/c1-3-4-13-8-19(25)27-21-12(2)20-14(7-16(13)21)10-24(11-26-20)18-6-5-15(22)9-17(18)23/h5-9H,3-4,10-11H2,1-2H3. The third-order valence-corrected chi connectivity index (χ3v) is 5.37. The molecule has 3 aromatic rings. The molecule has 1 aliphatic rings. The Balaban J connectivity index is 1.82. The molecule has 6 heteroatoms. The Bertz CT molecular complexity index is 1090. The molecule has 0 radical (unpaired) electrons. The number of aryl methyl sites for hydroxylation is 2. The molecule has 2 heterocycles. The summed E-state index contributed by atoms with van der Waals surface area (Å²) in [6.45, 7) is 4.73. The number of halogens is 2. The number of nitrogens with zero attached hydrogens (tertiary/aromatic N) is 1. The van der Waals surface area contributed by atoms with E-state index < -0.39 is 0 Å². The van der Waals surface area contributed by atoms with Gasteiger partial charge in [0.2, 0.25) is 0 Å². The number of fused-ring (bicyclic) bond motifs is 2. The van der Waals surface area contributed by atoms with Crippen LogP contribution in [0.2, 0.25) is 0 Å². The molecule has 140 valence electrons. The van der Waals surface area contributed by atoms with Crippen LogP contribution in [0.1, 0.15) is 30.0 Å². The fourth-order valence-corrected chi connectivity index (χ4v) is 3.99. The van der Waals surface area contributed by atoms with Crippen molar-refractivity contribution in [3.05, 3.63) is 67.7 Å². The van der Waals surface area contributed by atoms with Gasteiger partial charge >= 0.3 is 5.63 Å². The van der Waals surface area contributed by atoms with E-state index in [1.165, 1.54) is 6.07 Å². The predicted octanol–water partition coefficient (Wildman–Crippen LogP) is 5.31. The van der Waals surface area contributed by atoms with E-state index in [-0.39, 0.29) is 18.2 Å². The fraction of sp³-hybridized carbons (Fsp3) is 0.286. The van der Waals surface area contributed by atoms with Crippen molar-refractivity contribution in [2.75, 3.05) is 11.6 Å². The van der Waals surface area contributed by atoms with Gasteiger partial charge in [0.05, 0.1) is 5.69 Å². The maximum atomic E-state index is 14.4. The summed E-state index contributed by atoms with van der Waals surface area (Å²) in [5.41, 5.74) is 3.47. The van der Waals surface area contributed by atoms with E-state index in [0.29, 0.717) is 28.0 Å². The molecule has 1 aromatic heterocycles. The second-order valence-electron chi connectivity index (χ2n) is 6.77. The molecule has 27 heavy (non-hydrogen) atoms. The van der Waals surface area contributed by atoms with Crippen LogP contribution < -0.4 is 15.3 Å². The fourth-order valence-electron chi connectivity index (χ4n) is 3.65. The van der Waals surface area contributed by atoms with E-state index in [4.69, 9.17) is 9.15 Å². The number of benzene rings is 2. The summed E-state index contributed by atoms with van der Waals surface area (Å²) in [6.07, 6.45) is 1.73. The van der Waals surface area contributed by atoms with Crippen LogP contribution in [-0.4, -0.2) is 6.73 Å². The van der Waals surface area contributed by atoms with Crippen LogP contribution in [-0.2, 0) is 13.0 Å². The van der Waals surface area contributed by atoms with E-state index in [1.807, 2.05) is 24.0 Å². The van der Waals surface area contributed by atoms with Crippen LogP contribution in [0.15, 0.2) is 44.0 Å². The summed E-state index contributed by atoms with van der Waals surface area (Å²) in [6, 6.07) is 8.57. The van der Waals surface area contributed by atoms with Crippen molar-refractivity contribution in [1.82, 2.24) is 0 Å². The number of rotatable bonds is 3. The lowest BCUT2D eigenvalue weighted by atomic mass is 9.98. The molecule has 0 saturated heterocycles. The van der Waals surface area contributed by atoms with Gasteiger partial charge in [-0.3, -0.25) is 0 Å². The van der Waals surface area contributed by atoms with Crippen LogP contribution in [0.4, 0.5) is 10.1 Å². The van der Waals surface area contributed by atoms with Gasteiger partial charge in [-0.05, 0) is 43.2 Å². The minimum atomic E-state index is -0.344. The molecule has 0 atom stereocenters. The van der Waals surface area contributed by atoms with Crippen molar-refractivity contribution in [2.45, 2.75) is 33.2 Å². The maximum Gasteiger partial charge on any atom is 0.336 e. The van der Waals surface area contributed by atoms with Gasteiger partial charge in [0.25, 0.3) is 0 Å². The molecule has 1 aliphatic heterocycles. The van der Waals surface area contributed by atoms with E-state index in [0.717, 1.165) is 34.9 Å². The van der Waals surface area contributed by atoms with Gasteiger partial charge in [-0.1, -0.05) is 29.3 Å². The molecule has 0 unspecified atom stereocenters. The van der Waals surface area contributed by atoms with Crippen LogP contribution in [0.3, 0.4) is 0 Å². The zero-order valence-electron chi connectivity index (χ0n) is 15.1. The number of anilines is 1. The van der Waals surface area contributed by atoms with E-state index in [1.54, 1.807) is 12.1 Å². The molecule has 0 N–H and O–H groups in total. The molecule has 0 saturated carbocycles. The van der Waals surface area contributed by atoms with E-state index in [2.05, 4.69) is 22.9 Å². The normalized spacial score (nSPS) is 13.6. The molecule has 0 amide bonds. The first kappa shape index (κ1) is 18.0. The highest BCUT2D eigenvalue weighted by molar-refractivity contribution is 9.10. The first-order valence-electron chi connectivity index (χ1n) is 8.90. The summed E-state index contributed by atoms with van der Waals surface area (Å²) in [4.78, 5) is 13.8. The first-order chi connectivity index (χ1) is 13.0. The van der Waals surface area contributed by atoms with Crippen molar-refractivity contribution in [3.63, 3.8) is 0 Å². The lowest BCUT2D eigenvalue weighted by Crippen LogP contribution is -2.33. The quantitative estimate of drug-likeness (QED) is 0.526. The van der Waals surface area contributed by atoms with Gasteiger partial charge < -0.3 is 14.1 Å². The molecule has 4 nitrogen and oxygen atoms in total. The zero-order valence-corrected chi connectivity index (χ0v) is 16.7. The molecular formula is C21H19BrFNO3. The third-order valence-electron chi connectivity index (χ3n) is 4.87. The van der Waals surface area contributed by atoms with Gasteiger partial charge in [0.15, 0.2) is 6.73 Å². The third kappa shape index (κ3) is 3.23. The molecule has 0 spiro atoms. The van der Waals surface area contributed by atoms with Crippen LogP contribution >= 0.6 is 15.9 Å². The molecule has 2 aromatic carbocycles. The summed E-state index contributed by atoms with van der Waals surface area (Å²) in [7, 11) is 0. The highest BCUT2D eigenvalue weighted by Gasteiger charge is 2.24. The Labute approximate surface area is 164 Å². The Hall–Kier alpha value is -2.34. The summed E-state index contributed by atoms with van der Waals surface area (Å²) in [5, 5.41) is 0.925. The van der Waals surface area contributed by atoms with Crippen LogP contribution in [0.25, 0.3) is 11.0 Å². The second kappa shape index (κ2) is 7.00. The largest absolute Gasteiger partial charge is 0.472 e. The van der Waals surface area contributed by atoms with Gasteiger partial charge in [-0.25, -0.2) is 9.18 Å². The summed E-state index contributed by atoms with van der Waals surface area (Å²) in [5.74, 6) is 0.416. The van der Waals surface area contributed by atoms with Gasteiger partial charge in [-0.15, -0.1) is 0 Å². The van der Waals surface area contributed by atoms with Crippen molar-refractivity contribution in [3.8, 4) is 5.75 Å². The molecule has 4 rings (SSSR count). The van der Waals surface area contributed by atoms with Crippen molar-refractivity contribution in [2.24, 2.45) is 0 Å². The minimum Gasteiger partial charge on any atom is -0.472 e. The average Bonchev–Trinajstić information content (AvgIpc) is 2.63. The first-order valence-corrected chi connectivity index (χ1v) is 9.69. The highest BCUT2D eigenvalue weighted by atomic mass is 79.9. The SMILES string of the molecule is CCCc1cc(=O)oc2c(C)c3c(cc12)CN(c1ccc(Br)cc1F)CO3. The van der Waals surface area contributed by atoms with Gasteiger partial charge in [0, 0.05) is 33.6 Å². The second-order valence-corrected chi connectivity index (χ2v) is 7.69. The predicted molar refractivity (Wildman–Crippen MR) is 107 cm³/mol. The van der Waals surface area contributed by atoms with Crippen molar-refractivity contribution < 1.29 is 13.5 Å². The molecule has 0 bridgehead atoms. The number of ether oxygens (including phenoxy) is 1. The van der Waals surface area contributed by atoms with Crippen LogP contribution in [0.5, 0.6) is 5.75 Å². The van der Waals surface area contributed by atoms with Gasteiger partial charge in [0.1, 0.15) is 17.1 Å². The molecule has 0 fully saturated rings. The van der Waals surface area contributed by atoms with E-state index >= 15 is 0 Å². The maximum absolute atomic E-state index is 14.4. The Kier molecular flexibility index (Phi) is 4.68. The average molecular weight is 432 g/mol. The molecule has 0 aliphatic carbocycles. The smallest absolute Gasteiger partial charge is 0.336 e. The Morgan fingerprint density at radius 3 is 2.81 bits per heavy atom. The number of hydrogen-bond acceptors (Lipinski definition) is 4.